The average molecular weight is 407 g/mol. The molecule has 2 aromatic rings. The van der Waals surface area contributed by atoms with E-state index < -0.39 is 0 Å². The molecule has 30 heavy (non-hydrogen) atoms. The first-order valence-corrected chi connectivity index (χ1v) is 11.1. The van der Waals surface area contributed by atoms with Gasteiger partial charge in [0.1, 0.15) is 5.82 Å². The zero-order valence-corrected chi connectivity index (χ0v) is 18.3. The molecule has 1 saturated heterocycles. The Hall–Kier alpha value is -2.60. The highest BCUT2D eigenvalue weighted by Crippen LogP contribution is 2.43. The fourth-order valence-electron chi connectivity index (χ4n) is 4.40. The molecule has 2 fully saturated rings. The van der Waals surface area contributed by atoms with E-state index in [2.05, 4.69) is 79.9 Å². The van der Waals surface area contributed by atoms with E-state index in [0.29, 0.717) is 0 Å². The van der Waals surface area contributed by atoms with E-state index in [1.54, 1.807) is 0 Å². The summed E-state index contributed by atoms with van der Waals surface area (Å²) in [6.07, 6.45) is 5.69. The summed E-state index contributed by atoms with van der Waals surface area (Å²) in [6.45, 7) is 5.89. The number of nitrogens with one attached hydrogen (secondary N) is 2. The van der Waals surface area contributed by atoms with Crippen LogP contribution in [0.2, 0.25) is 0 Å². The molecule has 0 radical (unpaired) electrons. The van der Waals surface area contributed by atoms with Crippen molar-refractivity contribution in [3.8, 4) is 0 Å². The molecular formula is C24H34N6. The van der Waals surface area contributed by atoms with E-state index in [-0.39, 0.29) is 5.41 Å². The summed E-state index contributed by atoms with van der Waals surface area (Å²) in [4.78, 5) is 13.8. The van der Waals surface area contributed by atoms with Crippen molar-refractivity contribution >= 4 is 11.8 Å². The van der Waals surface area contributed by atoms with Crippen LogP contribution in [0.3, 0.4) is 0 Å². The van der Waals surface area contributed by atoms with Crippen LogP contribution in [-0.2, 0) is 12.0 Å². The van der Waals surface area contributed by atoms with E-state index in [1.807, 2.05) is 13.2 Å². The number of benzene rings is 1. The molecule has 1 aromatic heterocycles. The number of aliphatic imine (C=N–C) groups is 1. The average Bonchev–Trinajstić information content (AvgIpc) is 2.76. The van der Waals surface area contributed by atoms with E-state index in [0.717, 1.165) is 51.0 Å². The molecule has 0 spiro atoms. The first kappa shape index (κ1) is 20.7. The van der Waals surface area contributed by atoms with Gasteiger partial charge in [0.05, 0.1) is 0 Å². The number of piperazine rings is 1. The van der Waals surface area contributed by atoms with Crippen molar-refractivity contribution in [2.45, 2.75) is 31.2 Å². The summed E-state index contributed by atoms with van der Waals surface area (Å²) in [6, 6.07) is 15.2. The summed E-state index contributed by atoms with van der Waals surface area (Å²) in [5.41, 5.74) is 2.90. The normalized spacial score (nSPS) is 19.3. The molecule has 2 N–H and O–H groups in total. The van der Waals surface area contributed by atoms with Gasteiger partial charge in [0.15, 0.2) is 5.96 Å². The van der Waals surface area contributed by atoms with E-state index in [9.17, 15) is 0 Å². The minimum atomic E-state index is 0.240. The molecule has 1 aliphatic heterocycles. The Balaban J connectivity index is 1.32. The number of hydrogen-bond acceptors (Lipinski definition) is 4. The molecule has 4 rings (SSSR count). The van der Waals surface area contributed by atoms with Crippen molar-refractivity contribution in [2.24, 2.45) is 4.99 Å². The minimum Gasteiger partial charge on any atom is -0.356 e. The lowest BCUT2D eigenvalue weighted by molar-refractivity contribution is 0.244. The fourth-order valence-corrected chi connectivity index (χ4v) is 4.40. The second-order valence-electron chi connectivity index (χ2n) is 8.59. The van der Waals surface area contributed by atoms with Gasteiger partial charge in [-0.05, 0) is 43.1 Å². The monoisotopic (exact) mass is 406 g/mol. The van der Waals surface area contributed by atoms with Crippen LogP contribution in [0.4, 0.5) is 5.82 Å². The lowest BCUT2D eigenvalue weighted by Gasteiger charge is -2.43. The number of nitrogens with zero attached hydrogens (tertiary/aromatic N) is 4. The largest absolute Gasteiger partial charge is 0.356 e. The van der Waals surface area contributed by atoms with Gasteiger partial charge >= 0.3 is 0 Å². The molecule has 2 heterocycles. The zero-order chi connectivity index (χ0) is 20.8. The maximum atomic E-state index is 4.59. The second kappa shape index (κ2) is 9.47. The lowest BCUT2D eigenvalue weighted by atomic mass is 9.64. The number of hydrogen-bond donors (Lipinski definition) is 2. The summed E-state index contributed by atoms with van der Waals surface area (Å²) in [7, 11) is 4.02. The molecular weight excluding hydrogens is 372 g/mol. The highest BCUT2D eigenvalue weighted by Gasteiger charge is 2.38. The van der Waals surface area contributed by atoms with Gasteiger partial charge in [0, 0.05) is 57.9 Å². The SMILES string of the molecule is CN=C(NCc1ccnc(N2CCN(C)CC2)c1)NCC1(c2ccccc2)CCC1. The summed E-state index contributed by atoms with van der Waals surface area (Å²) in [5.74, 6) is 1.93. The quantitative estimate of drug-likeness (QED) is 0.571. The maximum Gasteiger partial charge on any atom is 0.191 e. The molecule has 0 bridgehead atoms. The Morgan fingerprint density at radius 2 is 1.83 bits per heavy atom. The van der Waals surface area contributed by atoms with Gasteiger partial charge in [-0.15, -0.1) is 0 Å². The van der Waals surface area contributed by atoms with Crippen LogP contribution in [0, 0.1) is 0 Å². The fraction of sp³-hybridized carbons (Fsp3) is 0.500. The standard InChI is InChI=1S/C24H34N6/c1-25-23(28-19-24(10-6-11-24)21-7-4-3-5-8-21)27-18-20-9-12-26-22(17-20)30-15-13-29(2)14-16-30/h3-5,7-9,12,17H,6,10-11,13-16,18-19H2,1-2H3,(H2,25,27,28). The van der Waals surface area contributed by atoms with Crippen molar-refractivity contribution in [3.63, 3.8) is 0 Å². The lowest BCUT2D eigenvalue weighted by Crippen LogP contribution is -2.48. The van der Waals surface area contributed by atoms with Gasteiger partial charge < -0.3 is 20.4 Å². The highest BCUT2D eigenvalue weighted by molar-refractivity contribution is 5.79. The first-order chi connectivity index (χ1) is 14.7. The number of pyridine rings is 1. The number of likely N-dealkylation sites (N-methyl/N-ethyl adjacent to an activating group) is 1. The summed E-state index contributed by atoms with van der Waals surface area (Å²) in [5, 5.41) is 7.05. The van der Waals surface area contributed by atoms with Crippen LogP contribution < -0.4 is 15.5 Å². The van der Waals surface area contributed by atoms with Crippen LogP contribution in [0.15, 0.2) is 53.7 Å². The van der Waals surface area contributed by atoms with Gasteiger partial charge in [-0.1, -0.05) is 36.8 Å². The smallest absolute Gasteiger partial charge is 0.191 e. The second-order valence-corrected chi connectivity index (χ2v) is 8.59. The van der Waals surface area contributed by atoms with Crippen molar-refractivity contribution in [1.29, 1.82) is 0 Å². The molecule has 6 heteroatoms. The maximum absolute atomic E-state index is 4.59. The topological polar surface area (TPSA) is 55.8 Å². The van der Waals surface area contributed by atoms with Gasteiger partial charge in [-0.25, -0.2) is 4.98 Å². The Morgan fingerprint density at radius 3 is 2.50 bits per heavy atom. The molecule has 2 aliphatic rings. The zero-order valence-electron chi connectivity index (χ0n) is 18.3. The first-order valence-electron chi connectivity index (χ1n) is 11.1. The molecule has 0 amide bonds. The van der Waals surface area contributed by atoms with Crippen molar-refractivity contribution in [3.05, 3.63) is 59.8 Å². The summed E-state index contributed by atoms with van der Waals surface area (Å²) >= 11 is 0. The molecule has 0 unspecified atom stereocenters. The number of rotatable bonds is 6. The molecule has 160 valence electrons. The van der Waals surface area contributed by atoms with Gasteiger partial charge in [-0.2, -0.15) is 0 Å². The van der Waals surface area contributed by atoms with E-state index in [4.69, 9.17) is 0 Å². The van der Waals surface area contributed by atoms with E-state index in [1.165, 1.54) is 30.4 Å². The summed E-state index contributed by atoms with van der Waals surface area (Å²) < 4.78 is 0. The molecule has 1 saturated carbocycles. The minimum absolute atomic E-state index is 0.240. The van der Waals surface area contributed by atoms with Crippen molar-refractivity contribution < 1.29 is 0 Å². The van der Waals surface area contributed by atoms with Gasteiger partial charge in [-0.3, -0.25) is 4.99 Å². The van der Waals surface area contributed by atoms with E-state index >= 15 is 0 Å². The van der Waals surface area contributed by atoms with Crippen LogP contribution in [0.1, 0.15) is 30.4 Å². The number of aromatic nitrogens is 1. The number of guanidine groups is 1. The Bertz CT molecular complexity index is 838. The predicted molar refractivity (Wildman–Crippen MR) is 124 cm³/mol. The van der Waals surface area contributed by atoms with Crippen molar-refractivity contribution in [2.75, 3.05) is 51.7 Å². The van der Waals surface area contributed by atoms with Crippen LogP contribution in [-0.4, -0.2) is 62.7 Å². The third-order valence-electron chi connectivity index (χ3n) is 6.61. The third kappa shape index (κ3) is 4.75. The van der Waals surface area contributed by atoms with Crippen molar-refractivity contribution in [1.82, 2.24) is 20.5 Å². The van der Waals surface area contributed by atoms with Gasteiger partial charge in [0.2, 0.25) is 0 Å². The van der Waals surface area contributed by atoms with Crippen LogP contribution in [0.5, 0.6) is 0 Å². The van der Waals surface area contributed by atoms with Crippen LogP contribution in [0.25, 0.3) is 0 Å². The number of anilines is 1. The predicted octanol–water partition coefficient (Wildman–Crippen LogP) is 2.62. The molecule has 1 aromatic carbocycles. The Labute approximate surface area is 180 Å². The Kier molecular flexibility index (Phi) is 6.53. The highest BCUT2D eigenvalue weighted by atomic mass is 15.3. The molecule has 0 atom stereocenters. The molecule has 6 nitrogen and oxygen atoms in total. The Morgan fingerprint density at radius 1 is 1.07 bits per heavy atom. The third-order valence-corrected chi connectivity index (χ3v) is 6.61. The van der Waals surface area contributed by atoms with Gasteiger partial charge in [0.25, 0.3) is 0 Å². The van der Waals surface area contributed by atoms with Crippen LogP contribution >= 0.6 is 0 Å². The molecule has 1 aliphatic carbocycles.